The molecule has 0 saturated carbocycles. The van der Waals surface area contributed by atoms with Gasteiger partial charge in [-0.25, -0.2) is 0 Å². The van der Waals surface area contributed by atoms with Crippen LogP contribution in [0.5, 0.6) is 0 Å². The summed E-state index contributed by atoms with van der Waals surface area (Å²) in [4.78, 5) is 16.8. The predicted molar refractivity (Wildman–Crippen MR) is 94.9 cm³/mol. The van der Waals surface area contributed by atoms with Crippen molar-refractivity contribution in [2.24, 2.45) is 11.7 Å². The number of hydrogen-bond acceptors (Lipinski definition) is 3. The van der Waals surface area contributed by atoms with Crippen LogP contribution in [-0.4, -0.2) is 47.4 Å². The van der Waals surface area contributed by atoms with Crippen molar-refractivity contribution >= 4 is 5.91 Å². The van der Waals surface area contributed by atoms with Gasteiger partial charge in [-0.1, -0.05) is 44.2 Å². The van der Waals surface area contributed by atoms with Gasteiger partial charge in [-0.05, 0) is 31.2 Å². The Morgan fingerprint density at radius 1 is 1.35 bits per heavy atom. The minimum atomic E-state index is -0.391. The first kappa shape index (κ1) is 18.0. The lowest BCUT2D eigenvalue weighted by Gasteiger charge is -2.42. The fourth-order valence-electron chi connectivity index (χ4n) is 3.30. The van der Waals surface area contributed by atoms with Crippen LogP contribution in [0.2, 0.25) is 0 Å². The maximum absolute atomic E-state index is 12.5. The van der Waals surface area contributed by atoms with E-state index in [0.717, 1.165) is 25.9 Å². The number of nitrogens with zero attached hydrogens (tertiary/aromatic N) is 2. The van der Waals surface area contributed by atoms with Crippen molar-refractivity contribution in [3.8, 4) is 0 Å². The number of piperidine rings is 1. The quantitative estimate of drug-likeness (QED) is 0.907. The molecule has 1 amide bonds. The van der Waals surface area contributed by atoms with Crippen LogP contribution >= 0.6 is 0 Å². The van der Waals surface area contributed by atoms with E-state index in [4.69, 9.17) is 5.73 Å². The van der Waals surface area contributed by atoms with Crippen LogP contribution in [0.15, 0.2) is 30.3 Å². The van der Waals surface area contributed by atoms with Crippen LogP contribution in [0.3, 0.4) is 0 Å². The molecule has 128 valence electrons. The van der Waals surface area contributed by atoms with E-state index in [1.54, 1.807) is 0 Å². The molecule has 1 aromatic rings. The zero-order chi connectivity index (χ0) is 17.0. The molecule has 1 aromatic carbocycles. The minimum Gasteiger partial charge on any atom is -0.341 e. The number of amides is 1. The van der Waals surface area contributed by atoms with Gasteiger partial charge in [0.05, 0.1) is 6.04 Å². The number of benzene rings is 1. The molecule has 4 heteroatoms. The average Bonchev–Trinajstić information content (AvgIpc) is 2.55. The summed E-state index contributed by atoms with van der Waals surface area (Å²) in [5, 5.41) is 0. The molecule has 0 aliphatic carbocycles. The Labute approximate surface area is 140 Å². The molecule has 0 radical (unpaired) electrons. The third kappa shape index (κ3) is 4.55. The zero-order valence-electron chi connectivity index (χ0n) is 14.9. The van der Waals surface area contributed by atoms with E-state index in [1.807, 2.05) is 25.8 Å². The molecule has 4 nitrogen and oxygen atoms in total. The van der Waals surface area contributed by atoms with Crippen LogP contribution in [0.25, 0.3) is 0 Å². The van der Waals surface area contributed by atoms with E-state index >= 15 is 0 Å². The van der Waals surface area contributed by atoms with Gasteiger partial charge in [0, 0.05) is 32.2 Å². The summed E-state index contributed by atoms with van der Waals surface area (Å²) in [7, 11) is 1.91. The largest absolute Gasteiger partial charge is 0.341 e. The average molecular weight is 317 g/mol. The lowest BCUT2D eigenvalue weighted by atomic mass is 9.95. The third-order valence-corrected chi connectivity index (χ3v) is 5.11. The second kappa shape index (κ2) is 7.93. The standard InChI is InChI=1S/C19H31N3O/c1-14(2)18(20)19(23)21(4)17-10-11-22(15(3)12-17)13-16-8-6-5-7-9-16/h5-9,14-15,17-18H,10-13,20H2,1-4H3/t15?,17?,18-/m0/s1. The topological polar surface area (TPSA) is 49.6 Å². The molecule has 1 aliphatic heterocycles. The second-order valence-electron chi connectivity index (χ2n) is 7.20. The van der Waals surface area contributed by atoms with Crippen molar-refractivity contribution in [3.63, 3.8) is 0 Å². The Balaban J connectivity index is 1.91. The molecule has 1 aliphatic rings. The summed E-state index contributed by atoms with van der Waals surface area (Å²) in [5.41, 5.74) is 7.38. The predicted octanol–water partition coefficient (Wildman–Crippen LogP) is 2.48. The van der Waals surface area contributed by atoms with Crippen molar-refractivity contribution < 1.29 is 4.79 Å². The molecule has 0 spiro atoms. The first-order chi connectivity index (χ1) is 10.9. The lowest BCUT2D eigenvalue weighted by Crippen LogP contribution is -2.53. The molecular weight excluding hydrogens is 286 g/mol. The van der Waals surface area contributed by atoms with E-state index in [1.165, 1.54) is 5.56 Å². The molecule has 23 heavy (non-hydrogen) atoms. The first-order valence-electron chi connectivity index (χ1n) is 8.70. The van der Waals surface area contributed by atoms with Gasteiger partial charge in [0.25, 0.3) is 0 Å². The van der Waals surface area contributed by atoms with Gasteiger partial charge in [-0.2, -0.15) is 0 Å². The Morgan fingerprint density at radius 3 is 2.57 bits per heavy atom. The molecule has 2 unspecified atom stereocenters. The van der Waals surface area contributed by atoms with Gasteiger partial charge < -0.3 is 10.6 Å². The molecule has 1 fully saturated rings. The van der Waals surface area contributed by atoms with Gasteiger partial charge in [-0.3, -0.25) is 9.69 Å². The van der Waals surface area contributed by atoms with E-state index in [-0.39, 0.29) is 11.8 Å². The van der Waals surface area contributed by atoms with Crippen molar-refractivity contribution in [2.45, 2.75) is 58.3 Å². The Hall–Kier alpha value is -1.39. The monoisotopic (exact) mass is 317 g/mol. The van der Waals surface area contributed by atoms with E-state index < -0.39 is 6.04 Å². The van der Waals surface area contributed by atoms with Gasteiger partial charge in [-0.15, -0.1) is 0 Å². The van der Waals surface area contributed by atoms with Crippen LogP contribution in [0, 0.1) is 5.92 Å². The second-order valence-corrected chi connectivity index (χ2v) is 7.20. The van der Waals surface area contributed by atoms with Crippen molar-refractivity contribution in [2.75, 3.05) is 13.6 Å². The Kier molecular flexibility index (Phi) is 6.19. The lowest BCUT2D eigenvalue weighted by molar-refractivity contribution is -0.135. The highest BCUT2D eigenvalue weighted by Gasteiger charge is 2.32. The van der Waals surface area contributed by atoms with E-state index in [2.05, 4.69) is 42.2 Å². The maximum Gasteiger partial charge on any atom is 0.239 e. The van der Waals surface area contributed by atoms with Gasteiger partial charge >= 0.3 is 0 Å². The van der Waals surface area contributed by atoms with Crippen molar-refractivity contribution in [1.82, 2.24) is 9.80 Å². The summed E-state index contributed by atoms with van der Waals surface area (Å²) >= 11 is 0. The van der Waals surface area contributed by atoms with Crippen molar-refractivity contribution in [3.05, 3.63) is 35.9 Å². The Morgan fingerprint density at radius 2 is 2.00 bits per heavy atom. The fraction of sp³-hybridized carbons (Fsp3) is 0.632. The summed E-state index contributed by atoms with van der Waals surface area (Å²) in [5.74, 6) is 0.259. The molecule has 3 atom stereocenters. The highest BCUT2D eigenvalue weighted by atomic mass is 16.2. The summed E-state index contributed by atoms with van der Waals surface area (Å²) < 4.78 is 0. The molecule has 2 rings (SSSR count). The maximum atomic E-state index is 12.5. The number of nitrogens with two attached hydrogens (primary N) is 1. The molecule has 0 aromatic heterocycles. The third-order valence-electron chi connectivity index (χ3n) is 5.11. The Bertz CT molecular complexity index is 503. The fourth-order valence-corrected chi connectivity index (χ4v) is 3.30. The number of hydrogen-bond donors (Lipinski definition) is 1. The molecule has 1 heterocycles. The zero-order valence-corrected chi connectivity index (χ0v) is 14.9. The van der Waals surface area contributed by atoms with Crippen LogP contribution in [-0.2, 0) is 11.3 Å². The molecule has 2 N–H and O–H groups in total. The first-order valence-corrected chi connectivity index (χ1v) is 8.70. The summed E-state index contributed by atoms with van der Waals surface area (Å²) in [6.07, 6.45) is 2.03. The van der Waals surface area contributed by atoms with Crippen LogP contribution in [0.1, 0.15) is 39.2 Å². The number of likely N-dealkylation sites (N-methyl/N-ethyl adjacent to an activating group) is 1. The molecule has 1 saturated heterocycles. The van der Waals surface area contributed by atoms with Crippen LogP contribution < -0.4 is 5.73 Å². The summed E-state index contributed by atoms with van der Waals surface area (Å²) in [6, 6.07) is 11.0. The van der Waals surface area contributed by atoms with Crippen molar-refractivity contribution in [1.29, 1.82) is 0 Å². The summed E-state index contributed by atoms with van der Waals surface area (Å²) in [6.45, 7) is 8.27. The van der Waals surface area contributed by atoms with E-state index in [0.29, 0.717) is 12.1 Å². The SMILES string of the molecule is CC(C)[C@H](N)C(=O)N(C)C1CCN(Cc2ccccc2)C(C)C1. The van der Waals surface area contributed by atoms with Gasteiger partial charge in [0.15, 0.2) is 0 Å². The molecule has 0 bridgehead atoms. The number of carbonyl (C=O) groups is 1. The van der Waals surface area contributed by atoms with Gasteiger partial charge in [0.2, 0.25) is 5.91 Å². The number of likely N-dealkylation sites (tertiary alicyclic amines) is 1. The van der Waals surface area contributed by atoms with Crippen LogP contribution in [0.4, 0.5) is 0 Å². The highest BCUT2D eigenvalue weighted by molar-refractivity contribution is 5.82. The number of carbonyl (C=O) groups excluding carboxylic acids is 1. The van der Waals surface area contributed by atoms with E-state index in [9.17, 15) is 4.79 Å². The highest BCUT2D eigenvalue weighted by Crippen LogP contribution is 2.23. The number of rotatable bonds is 5. The smallest absolute Gasteiger partial charge is 0.239 e. The van der Waals surface area contributed by atoms with Gasteiger partial charge in [0.1, 0.15) is 0 Å². The molecular formula is C19H31N3O. The normalized spacial score (nSPS) is 23.7. The minimum absolute atomic E-state index is 0.0775.